The molecule has 0 saturated heterocycles. The molecule has 8 heteroatoms. The van der Waals surface area contributed by atoms with E-state index in [1.807, 2.05) is 18.2 Å². The Balaban J connectivity index is 2.00. The van der Waals surface area contributed by atoms with Crippen molar-refractivity contribution in [2.75, 3.05) is 23.7 Å². The van der Waals surface area contributed by atoms with Gasteiger partial charge in [0.05, 0.1) is 23.6 Å². The lowest BCUT2D eigenvalue weighted by Crippen LogP contribution is -2.41. The highest BCUT2D eigenvalue weighted by Gasteiger charge is 2.20. The minimum absolute atomic E-state index is 0.277. The van der Waals surface area contributed by atoms with Crippen LogP contribution >= 0.6 is 11.6 Å². The monoisotopic (exact) mass is 391 g/mol. The molecule has 1 N–H and O–H groups in total. The Morgan fingerprint density at radius 3 is 2.54 bits per heavy atom. The summed E-state index contributed by atoms with van der Waals surface area (Å²) in [5.74, 6) is -0.424. The van der Waals surface area contributed by atoms with Crippen molar-refractivity contribution >= 4 is 33.2 Å². The number of nitrogens with one attached hydrogen (secondary N) is 1. The summed E-state index contributed by atoms with van der Waals surface area (Å²) in [7, 11) is -3.67. The summed E-state index contributed by atoms with van der Waals surface area (Å²) >= 11 is 5.82. The Labute approximate surface area is 158 Å². The molecule has 2 rings (SSSR count). The lowest BCUT2D eigenvalue weighted by molar-refractivity contribution is -0.119. The predicted molar refractivity (Wildman–Crippen MR) is 102 cm³/mol. The molecule has 0 aliphatic carbocycles. The molecule has 0 heterocycles. The van der Waals surface area contributed by atoms with E-state index < -0.39 is 15.9 Å². The number of nitriles is 1. The summed E-state index contributed by atoms with van der Waals surface area (Å²) in [5, 5.41) is 12.3. The van der Waals surface area contributed by atoms with Crippen LogP contribution in [-0.4, -0.2) is 33.7 Å². The molecule has 1 amide bonds. The molecular formula is C18H18ClN3O3S. The molecule has 2 aromatic rings. The van der Waals surface area contributed by atoms with E-state index in [1.165, 1.54) is 6.07 Å². The highest BCUT2D eigenvalue weighted by Crippen LogP contribution is 2.18. The van der Waals surface area contributed by atoms with Gasteiger partial charge in [-0.2, -0.15) is 5.26 Å². The minimum Gasteiger partial charge on any atom is -0.354 e. The second-order valence-corrected chi connectivity index (χ2v) is 8.00. The second kappa shape index (κ2) is 8.70. The van der Waals surface area contributed by atoms with E-state index in [2.05, 4.69) is 5.32 Å². The van der Waals surface area contributed by atoms with Crippen molar-refractivity contribution in [2.45, 2.75) is 6.42 Å². The quantitative estimate of drug-likeness (QED) is 0.784. The zero-order valence-electron chi connectivity index (χ0n) is 14.1. The standard InChI is InChI=1S/C18H18ClN3O3S/c1-26(24,25)22(17-4-2-3-15(11-17)12-20)13-18(23)21-10-9-14-5-7-16(19)8-6-14/h2-8,11H,9-10,13H2,1H3,(H,21,23). The topological polar surface area (TPSA) is 90.3 Å². The molecule has 0 atom stereocenters. The number of anilines is 1. The van der Waals surface area contributed by atoms with Gasteiger partial charge in [-0.25, -0.2) is 8.42 Å². The maximum Gasteiger partial charge on any atom is 0.240 e. The molecule has 6 nitrogen and oxygen atoms in total. The molecule has 0 aliphatic heterocycles. The van der Waals surface area contributed by atoms with Gasteiger partial charge in [0.25, 0.3) is 0 Å². The molecule has 0 bridgehead atoms. The van der Waals surface area contributed by atoms with E-state index in [9.17, 15) is 13.2 Å². The fourth-order valence-corrected chi connectivity index (χ4v) is 3.29. The first-order valence-electron chi connectivity index (χ1n) is 7.78. The Hall–Kier alpha value is -2.56. The third-order valence-corrected chi connectivity index (χ3v) is 4.99. The number of hydrogen-bond acceptors (Lipinski definition) is 4. The number of nitrogens with zero attached hydrogens (tertiary/aromatic N) is 2. The minimum atomic E-state index is -3.67. The fraction of sp³-hybridized carbons (Fsp3) is 0.222. The SMILES string of the molecule is CS(=O)(=O)N(CC(=O)NCCc1ccc(Cl)cc1)c1cccc(C#N)c1. The summed E-state index contributed by atoms with van der Waals surface area (Å²) in [6.07, 6.45) is 1.62. The Morgan fingerprint density at radius 2 is 1.92 bits per heavy atom. The van der Waals surface area contributed by atoms with E-state index in [1.54, 1.807) is 30.3 Å². The van der Waals surface area contributed by atoms with E-state index >= 15 is 0 Å². The van der Waals surface area contributed by atoms with Gasteiger partial charge < -0.3 is 5.32 Å². The number of rotatable bonds is 7. The molecule has 0 unspecified atom stereocenters. The molecular weight excluding hydrogens is 374 g/mol. The first-order chi connectivity index (χ1) is 12.3. The third kappa shape index (κ3) is 5.76. The number of carbonyl (C=O) groups is 1. The van der Waals surface area contributed by atoms with Crippen molar-refractivity contribution in [3.05, 3.63) is 64.7 Å². The molecule has 26 heavy (non-hydrogen) atoms. The fourth-order valence-electron chi connectivity index (χ4n) is 2.31. The van der Waals surface area contributed by atoms with Crippen molar-refractivity contribution < 1.29 is 13.2 Å². The predicted octanol–water partition coefficient (Wildman–Crippen LogP) is 2.34. The Morgan fingerprint density at radius 1 is 1.23 bits per heavy atom. The van der Waals surface area contributed by atoms with Crippen LogP contribution in [0.1, 0.15) is 11.1 Å². The van der Waals surface area contributed by atoms with Crippen molar-refractivity contribution in [3.8, 4) is 6.07 Å². The molecule has 0 fully saturated rings. The number of carbonyl (C=O) groups excluding carboxylic acids is 1. The lowest BCUT2D eigenvalue weighted by Gasteiger charge is -2.22. The lowest BCUT2D eigenvalue weighted by atomic mass is 10.1. The van der Waals surface area contributed by atoms with Crippen molar-refractivity contribution in [3.63, 3.8) is 0 Å². The van der Waals surface area contributed by atoms with Gasteiger partial charge in [0, 0.05) is 11.6 Å². The van der Waals surface area contributed by atoms with Gasteiger partial charge in [0.15, 0.2) is 0 Å². The van der Waals surface area contributed by atoms with E-state index in [4.69, 9.17) is 16.9 Å². The number of sulfonamides is 1. The van der Waals surface area contributed by atoms with Crippen LogP contribution in [-0.2, 0) is 21.2 Å². The smallest absolute Gasteiger partial charge is 0.240 e. The number of hydrogen-bond donors (Lipinski definition) is 1. The van der Waals surface area contributed by atoms with Crippen LogP contribution in [0.5, 0.6) is 0 Å². The van der Waals surface area contributed by atoms with Crippen LogP contribution in [0.4, 0.5) is 5.69 Å². The van der Waals surface area contributed by atoms with E-state index in [-0.39, 0.29) is 12.2 Å². The van der Waals surface area contributed by atoms with Crippen LogP contribution in [0.2, 0.25) is 5.02 Å². The van der Waals surface area contributed by atoms with Crippen molar-refractivity contribution in [1.29, 1.82) is 5.26 Å². The molecule has 0 aliphatic rings. The summed E-state index contributed by atoms with van der Waals surface area (Å²) in [5.41, 5.74) is 1.61. The molecule has 0 saturated carbocycles. The number of amides is 1. The first-order valence-corrected chi connectivity index (χ1v) is 10.0. The van der Waals surface area contributed by atoms with Gasteiger partial charge in [-0.05, 0) is 42.3 Å². The summed E-state index contributed by atoms with van der Waals surface area (Å²) in [6, 6.07) is 15.3. The maximum atomic E-state index is 12.2. The molecule has 0 aromatic heterocycles. The normalized spacial score (nSPS) is 10.8. The van der Waals surface area contributed by atoms with Crippen molar-refractivity contribution in [2.24, 2.45) is 0 Å². The third-order valence-electron chi connectivity index (χ3n) is 3.60. The van der Waals surface area contributed by atoms with Crippen molar-refractivity contribution in [1.82, 2.24) is 5.32 Å². The molecule has 2 aromatic carbocycles. The van der Waals surface area contributed by atoms with Gasteiger partial charge in [0.1, 0.15) is 6.54 Å². The zero-order chi connectivity index (χ0) is 19.2. The molecule has 0 radical (unpaired) electrons. The highest BCUT2D eigenvalue weighted by atomic mass is 35.5. The summed E-state index contributed by atoms with van der Waals surface area (Å²) in [4.78, 5) is 12.2. The van der Waals surface area contributed by atoms with Gasteiger partial charge in [-0.3, -0.25) is 9.10 Å². The average Bonchev–Trinajstić information content (AvgIpc) is 2.60. The van der Waals surface area contributed by atoms with E-state index in [0.29, 0.717) is 23.6 Å². The number of halogens is 1. The largest absolute Gasteiger partial charge is 0.354 e. The average molecular weight is 392 g/mol. The Kier molecular flexibility index (Phi) is 6.61. The van der Waals surface area contributed by atoms with Crippen LogP contribution in [0.3, 0.4) is 0 Å². The molecule has 136 valence electrons. The first kappa shape index (κ1) is 19.8. The van der Waals surface area contributed by atoms with Crippen LogP contribution in [0.15, 0.2) is 48.5 Å². The summed E-state index contributed by atoms with van der Waals surface area (Å²) < 4.78 is 25.1. The van der Waals surface area contributed by atoms with Gasteiger partial charge in [-0.1, -0.05) is 29.8 Å². The van der Waals surface area contributed by atoms with E-state index in [0.717, 1.165) is 16.1 Å². The summed E-state index contributed by atoms with van der Waals surface area (Å²) in [6.45, 7) is 0.0185. The van der Waals surface area contributed by atoms with Crippen LogP contribution < -0.4 is 9.62 Å². The second-order valence-electron chi connectivity index (χ2n) is 5.66. The van der Waals surface area contributed by atoms with Gasteiger partial charge in [-0.15, -0.1) is 0 Å². The highest BCUT2D eigenvalue weighted by molar-refractivity contribution is 7.92. The number of benzene rings is 2. The van der Waals surface area contributed by atoms with Crippen LogP contribution in [0, 0.1) is 11.3 Å². The van der Waals surface area contributed by atoms with Gasteiger partial charge >= 0.3 is 0 Å². The van der Waals surface area contributed by atoms with Crippen LogP contribution in [0.25, 0.3) is 0 Å². The molecule has 0 spiro atoms. The van der Waals surface area contributed by atoms with Gasteiger partial charge in [0.2, 0.25) is 15.9 Å². The maximum absolute atomic E-state index is 12.2. The zero-order valence-corrected chi connectivity index (χ0v) is 15.7. The Bertz CT molecular complexity index is 921.